The van der Waals surface area contributed by atoms with Crippen LogP contribution in [0.4, 0.5) is 0 Å². The minimum absolute atomic E-state index is 1.02. The average molecular weight is 112 g/mol. The Kier molecular flexibility index (Phi) is 1.02. The molecule has 0 saturated heterocycles. The van der Waals surface area contributed by atoms with E-state index in [0.717, 1.165) is 21.4 Å². The van der Waals surface area contributed by atoms with E-state index in [4.69, 9.17) is 4.42 Å². The van der Waals surface area contributed by atoms with Gasteiger partial charge in [0.25, 0.3) is 0 Å². The van der Waals surface area contributed by atoms with Crippen LogP contribution in [0.1, 0.15) is 5.76 Å². The zero-order chi connectivity index (χ0) is 5.28. The van der Waals surface area contributed by atoms with Gasteiger partial charge in [-0.05, 0) is 19.1 Å². The second-order valence-corrected chi connectivity index (χ2v) is 2.64. The van der Waals surface area contributed by atoms with Crippen molar-refractivity contribution >= 4 is 15.6 Å². The van der Waals surface area contributed by atoms with Gasteiger partial charge in [0.05, 0.1) is 21.4 Å². The first-order valence-corrected chi connectivity index (χ1v) is 3.32. The summed E-state index contributed by atoms with van der Waals surface area (Å²) in [7, 11) is 1.03. The molecular weight excluding hydrogens is 104 g/mol. The largest absolute Gasteiger partial charge is 0.473 e. The van der Waals surface area contributed by atoms with Gasteiger partial charge in [0.1, 0.15) is 0 Å². The quantitative estimate of drug-likeness (QED) is 0.415. The van der Waals surface area contributed by atoms with Crippen LogP contribution >= 0.6 is 0 Å². The molecule has 7 heavy (non-hydrogen) atoms. The highest BCUT2D eigenvalue weighted by atomic mass is 28.1. The number of hydrogen-bond acceptors (Lipinski definition) is 1. The van der Waals surface area contributed by atoms with Crippen molar-refractivity contribution in [1.82, 2.24) is 0 Å². The van der Waals surface area contributed by atoms with Crippen molar-refractivity contribution in [3.63, 3.8) is 0 Å². The Balaban J connectivity index is 3.04. The van der Waals surface area contributed by atoms with Crippen LogP contribution in [0, 0.1) is 6.92 Å². The molecule has 0 atom stereocenters. The minimum atomic E-state index is 1.02. The van der Waals surface area contributed by atoms with Crippen LogP contribution < -0.4 is 5.38 Å². The first-order valence-electron chi connectivity index (χ1n) is 2.32. The fourth-order valence-corrected chi connectivity index (χ4v) is 1.05. The van der Waals surface area contributed by atoms with Crippen molar-refractivity contribution in [1.29, 1.82) is 0 Å². The molecule has 0 fully saturated rings. The topological polar surface area (TPSA) is 13.1 Å². The Morgan fingerprint density at radius 2 is 2.29 bits per heavy atom. The lowest BCUT2D eigenvalue weighted by molar-refractivity contribution is 0.566. The third kappa shape index (κ3) is 0.931. The van der Waals surface area contributed by atoms with Crippen LogP contribution in [0.3, 0.4) is 0 Å². The Labute approximate surface area is 45.8 Å². The molecule has 0 spiro atoms. The maximum absolute atomic E-state index is 5.15. The molecule has 0 bridgehead atoms. The Hall–Kier alpha value is -0.503. The molecule has 0 unspecified atom stereocenters. The van der Waals surface area contributed by atoms with Crippen LogP contribution in [-0.2, 0) is 0 Å². The highest BCUT2D eigenvalue weighted by Crippen LogP contribution is 1.90. The second kappa shape index (κ2) is 1.54. The van der Waals surface area contributed by atoms with Gasteiger partial charge in [-0.1, -0.05) is 0 Å². The van der Waals surface area contributed by atoms with E-state index in [-0.39, 0.29) is 0 Å². The van der Waals surface area contributed by atoms with Gasteiger partial charge >= 0.3 is 0 Å². The first kappa shape index (κ1) is 4.65. The second-order valence-electron chi connectivity index (χ2n) is 1.66. The molecule has 38 valence electrons. The Morgan fingerprint density at radius 1 is 1.57 bits per heavy atom. The number of hydrogen-bond donors (Lipinski definition) is 0. The standard InChI is InChI=1S/C5H8OSi/c1-4-2-3-5(7)6-4/h2-3H,1,7H3. The molecule has 0 aliphatic rings. The van der Waals surface area contributed by atoms with Crippen LogP contribution in [0.2, 0.25) is 0 Å². The summed E-state index contributed by atoms with van der Waals surface area (Å²) in [6.07, 6.45) is 0. The maximum Gasteiger partial charge on any atom is 0.0999 e. The van der Waals surface area contributed by atoms with Gasteiger partial charge in [0, 0.05) is 0 Å². The molecule has 0 saturated carbocycles. The molecule has 1 rings (SSSR count). The fraction of sp³-hybridized carbons (Fsp3) is 0.200. The Morgan fingerprint density at radius 3 is 2.43 bits per heavy atom. The highest BCUT2D eigenvalue weighted by molar-refractivity contribution is 6.29. The van der Waals surface area contributed by atoms with E-state index in [1.54, 1.807) is 0 Å². The zero-order valence-electron chi connectivity index (χ0n) is 4.56. The van der Waals surface area contributed by atoms with Gasteiger partial charge in [-0.3, -0.25) is 0 Å². The summed E-state index contributed by atoms with van der Waals surface area (Å²) in [5.41, 5.74) is 0. The monoisotopic (exact) mass is 112 g/mol. The third-order valence-corrected chi connectivity index (χ3v) is 1.41. The minimum Gasteiger partial charge on any atom is -0.473 e. The number of aryl methyl sites for hydroxylation is 1. The van der Waals surface area contributed by atoms with E-state index in [1.165, 1.54) is 0 Å². The first-order chi connectivity index (χ1) is 3.29. The van der Waals surface area contributed by atoms with Crippen molar-refractivity contribution < 1.29 is 4.42 Å². The van der Waals surface area contributed by atoms with Crippen molar-refractivity contribution in [3.05, 3.63) is 17.9 Å². The van der Waals surface area contributed by atoms with Crippen molar-refractivity contribution in [2.24, 2.45) is 0 Å². The molecule has 0 N–H and O–H groups in total. The maximum atomic E-state index is 5.15. The van der Waals surface area contributed by atoms with Crippen LogP contribution in [-0.4, -0.2) is 10.2 Å². The van der Waals surface area contributed by atoms with Crippen LogP contribution in [0.15, 0.2) is 16.5 Å². The summed E-state index contributed by atoms with van der Waals surface area (Å²) in [5.74, 6) is 1.02. The van der Waals surface area contributed by atoms with Crippen LogP contribution in [0.25, 0.3) is 0 Å². The van der Waals surface area contributed by atoms with Crippen molar-refractivity contribution in [3.8, 4) is 0 Å². The van der Waals surface area contributed by atoms with Crippen molar-refractivity contribution in [2.75, 3.05) is 0 Å². The molecule has 1 nitrogen and oxygen atoms in total. The lowest BCUT2D eigenvalue weighted by Gasteiger charge is -1.76. The normalized spacial score (nSPS) is 9.86. The highest BCUT2D eigenvalue weighted by Gasteiger charge is 1.85. The van der Waals surface area contributed by atoms with Gasteiger partial charge in [-0.2, -0.15) is 0 Å². The van der Waals surface area contributed by atoms with E-state index in [2.05, 4.69) is 0 Å². The molecular formula is C5H8OSi. The summed E-state index contributed by atoms with van der Waals surface area (Å²) < 4.78 is 5.15. The smallest absolute Gasteiger partial charge is 0.0999 e. The van der Waals surface area contributed by atoms with Crippen molar-refractivity contribution in [2.45, 2.75) is 6.92 Å². The van der Waals surface area contributed by atoms with Gasteiger partial charge < -0.3 is 4.42 Å². The summed E-state index contributed by atoms with van der Waals surface area (Å²) in [4.78, 5) is 0. The molecule has 1 aromatic rings. The molecule has 0 amide bonds. The third-order valence-electron chi connectivity index (χ3n) is 0.875. The van der Waals surface area contributed by atoms with Crippen LogP contribution in [0.5, 0.6) is 0 Å². The molecule has 0 aliphatic carbocycles. The SMILES string of the molecule is Cc1ccc([SiH3])o1. The predicted molar refractivity (Wildman–Crippen MR) is 33.0 cm³/mol. The lowest BCUT2D eigenvalue weighted by atomic mass is 10.5. The van der Waals surface area contributed by atoms with E-state index in [1.807, 2.05) is 19.1 Å². The van der Waals surface area contributed by atoms with E-state index >= 15 is 0 Å². The molecule has 0 aliphatic heterocycles. The summed E-state index contributed by atoms with van der Waals surface area (Å²) in [6, 6.07) is 4.00. The average Bonchev–Trinajstić information content (AvgIpc) is 1.87. The lowest BCUT2D eigenvalue weighted by Crippen LogP contribution is -1.92. The zero-order valence-corrected chi connectivity index (χ0v) is 6.56. The number of rotatable bonds is 0. The number of furan rings is 1. The Bertz CT molecular complexity index is 140. The predicted octanol–water partition coefficient (Wildman–Crippen LogP) is -0.421. The van der Waals surface area contributed by atoms with Gasteiger partial charge in [-0.15, -0.1) is 0 Å². The molecule has 1 heterocycles. The van der Waals surface area contributed by atoms with Gasteiger partial charge in [-0.25, -0.2) is 0 Å². The summed E-state index contributed by atoms with van der Waals surface area (Å²) in [5, 5.41) is 1.12. The van der Waals surface area contributed by atoms with Gasteiger partial charge in [0.15, 0.2) is 0 Å². The van der Waals surface area contributed by atoms with E-state index in [9.17, 15) is 0 Å². The van der Waals surface area contributed by atoms with E-state index in [0.29, 0.717) is 0 Å². The molecule has 0 aromatic carbocycles. The molecule has 0 radical (unpaired) electrons. The molecule has 2 heteroatoms. The van der Waals surface area contributed by atoms with Gasteiger partial charge in [0.2, 0.25) is 0 Å². The summed E-state index contributed by atoms with van der Waals surface area (Å²) >= 11 is 0. The fourth-order valence-electron chi connectivity index (χ4n) is 0.557. The van der Waals surface area contributed by atoms with E-state index < -0.39 is 0 Å². The summed E-state index contributed by atoms with van der Waals surface area (Å²) in [6.45, 7) is 1.96. The molecule has 1 aromatic heterocycles.